The number of nitrogen functional groups attached to an aromatic ring is 1. The van der Waals surface area contributed by atoms with Crippen LogP contribution in [-0.4, -0.2) is 23.1 Å². The van der Waals surface area contributed by atoms with E-state index in [4.69, 9.17) is 5.84 Å². The summed E-state index contributed by atoms with van der Waals surface area (Å²) in [5.74, 6) is 7.41. The van der Waals surface area contributed by atoms with Gasteiger partial charge in [0.1, 0.15) is 5.82 Å². The fourth-order valence-electron chi connectivity index (χ4n) is 2.54. The predicted molar refractivity (Wildman–Crippen MR) is 75.9 cm³/mol. The monoisotopic (exact) mass is 255 g/mol. The van der Waals surface area contributed by atoms with Crippen LogP contribution in [0.15, 0.2) is 42.7 Å². The lowest BCUT2D eigenvalue weighted by Crippen LogP contribution is -2.21. The zero-order valence-electron chi connectivity index (χ0n) is 10.7. The molecule has 1 aliphatic heterocycles. The van der Waals surface area contributed by atoms with Crippen molar-refractivity contribution in [1.29, 1.82) is 0 Å². The molecule has 0 spiro atoms. The summed E-state index contributed by atoms with van der Waals surface area (Å²) in [5.41, 5.74) is 3.93. The van der Waals surface area contributed by atoms with E-state index in [0.717, 1.165) is 25.3 Å². The molecule has 98 valence electrons. The molecule has 0 radical (unpaired) electrons. The van der Waals surface area contributed by atoms with Gasteiger partial charge in [0.05, 0.1) is 12.4 Å². The molecule has 5 heteroatoms. The molecule has 19 heavy (non-hydrogen) atoms. The van der Waals surface area contributed by atoms with Gasteiger partial charge in [-0.05, 0) is 12.0 Å². The molecular weight excluding hydrogens is 238 g/mol. The van der Waals surface area contributed by atoms with Gasteiger partial charge in [-0.25, -0.2) is 10.8 Å². The minimum atomic E-state index is 0.567. The van der Waals surface area contributed by atoms with E-state index in [-0.39, 0.29) is 0 Å². The molecule has 0 amide bonds. The van der Waals surface area contributed by atoms with Crippen molar-refractivity contribution in [2.24, 2.45) is 5.84 Å². The topological polar surface area (TPSA) is 67.1 Å². The molecule has 5 nitrogen and oxygen atoms in total. The van der Waals surface area contributed by atoms with Crippen LogP contribution in [0.4, 0.5) is 11.6 Å². The van der Waals surface area contributed by atoms with Gasteiger partial charge in [-0.15, -0.1) is 0 Å². The van der Waals surface area contributed by atoms with Gasteiger partial charge >= 0.3 is 0 Å². The second kappa shape index (κ2) is 5.24. The smallest absolute Gasteiger partial charge is 0.160 e. The van der Waals surface area contributed by atoms with E-state index in [0.29, 0.717) is 11.7 Å². The van der Waals surface area contributed by atoms with Crippen LogP contribution in [0.25, 0.3) is 0 Å². The number of hydrogen-bond acceptors (Lipinski definition) is 5. The number of benzene rings is 1. The second-order valence-corrected chi connectivity index (χ2v) is 4.75. The normalized spacial score (nSPS) is 18.6. The van der Waals surface area contributed by atoms with Crippen LogP contribution in [0.2, 0.25) is 0 Å². The number of aromatic nitrogens is 2. The minimum Gasteiger partial charge on any atom is -0.355 e. The van der Waals surface area contributed by atoms with Crippen molar-refractivity contribution in [3.63, 3.8) is 0 Å². The number of anilines is 2. The molecule has 0 bridgehead atoms. The Bertz CT molecular complexity index is 543. The Kier molecular flexibility index (Phi) is 3.29. The molecule has 3 N–H and O–H groups in total. The van der Waals surface area contributed by atoms with Crippen molar-refractivity contribution < 1.29 is 0 Å². The molecule has 1 unspecified atom stereocenters. The van der Waals surface area contributed by atoms with Gasteiger partial charge in [-0.3, -0.25) is 4.98 Å². The predicted octanol–water partition coefficient (Wildman–Crippen LogP) is 1.76. The lowest BCUT2D eigenvalue weighted by molar-refractivity contribution is 0.774. The Balaban J connectivity index is 1.75. The van der Waals surface area contributed by atoms with Crippen molar-refractivity contribution >= 4 is 11.6 Å². The molecule has 2 heterocycles. The molecule has 3 rings (SSSR count). The van der Waals surface area contributed by atoms with E-state index in [1.807, 2.05) is 0 Å². The standard InChI is InChI=1S/C14H17N5/c15-18-13-8-16-9-14(17-13)19-7-6-12(10-19)11-4-2-1-3-5-11/h1-5,8-9,12H,6-7,10,15H2,(H,17,18). The summed E-state index contributed by atoms with van der Waals surface area (Å²) >= 11 is 0. The van der Waals surface area contributed by atoms with Crippen molar-refractivity contribution in [1.82, 2.24) is 9.97 Å². The Morgan fingerprint density at radius 1 is 1.21 bits per heavy atom. The first kappa shape index (κ1) is 11.9. The van der Waals surface area contributed by atoms with Gasteiger partial charge in [-0.2, -0.15) is 0 Å². The van der Waals surface area contributed by atoms with Gasteiger partial charge in [0.25, 0.3) is 0 Å². The SMILES string of the molecule is NNc1cncc(N2CCC(c3ccccc3)C2)n1. The molecule has 1 aromatic heterocycles. The van der Waals surface area contributed by atoms with E-state index >= 15 is 0 Å². The first-order valence-electron chi connectivity index (χ1n) is 6.45. The van der Waals surface area contributed by atoms with Crippen LogP contribution in [-0.2, 0) is 0 Å². The zero-order valence-corrected chi connectivity index (χ0v) is 10.7. The lowest BCUT2D eigenvalue weighted by atomic mass is 9.99. The quantitative estimate of drug-likeness (QED) is 0.646. The molecular formula is C14H17N5. The number of hydrogen-bond donors (Lipinski definition) is 2. The van der Waals surface area contributed by atoms with E-state index in [9.17, 15) is 0 Å². The van der Waals surface area contributed by atoms with Crippen LogP contribution < -0.4 is 16.2 Å². The largest absolute Gasteiger partial charge is 0.355 e. The number of nitrogens with zero attached hydrogens (tertiary/aromatic N) is 3. The lowest BCUT2D eigenvalue weighted by Gasteiger charge is -2.17. The molecule has 1 atom stereocenters. The van der Waals surface area contributed by atoms with Crippen LogP contribution in [0.5, 0.6) is 0 Å². The molecule has 1 aromatic carbocycles. The third kappa shape index (κ3) is 2.51. The third-order valence-corrected chi connectivity index (χ3v) is 3.55. The van der Waals surface area contributed by atoms with E-state index in [1.54, 1.807) is 12.4 Å². The molecule has 1 fully saturated rings. The first-order chi connectivity index (χ1) is 9.36. The van der Waals surface area contributed by atoms with E-state index in [2.05, 4.69) is 50.6 Å². The number of nitrogens with one attached hydrogen (secondary N) is 1. The summed E-state index contributed by atoms with van der Waals surface area (Å²) in [7, 11) is 0. The Labute approximate surface area is 112 Å². The number of hydrazine groups is 1. The van der Waals surface area contributed by atoms with Gasteiger partial charge < -0.3 is 10.3 Å². The highest BCUT2D eigenvalue weighted by atomic mass is 15.3. The van der Waals surface area contributed by atoms with Crippen LogP contribution in [0.3, 0.4) is 0 Å². The van der Waals surface area contributed by atoms with Crippen molar-refractivity contribution in [3.05, 3.63) is 48.3 Å². The highest BCUT2D eigenvalue weighted by Gasteiger charge is 2.24. The summed E-state index contributed by atoms with van der Waals surface area (Å²) < 4.78 is 0. The number of nitrogens with two attached hydrogens (primary N) is 1. The Morgan fingerprint density at radius 2 is 2.05 bits per heavy atom. The van der Waals surface area contributed by atoms with Gasteiger partial charge in [0.2, 0.25) is 0 Å². The summed E-state index contributed by atoms with van der Waals surface area (Å²) in [6, 6.07) is 10.6. The molecule has 0 aliphatic carbocycles. The summed E-state index contributed by atoms with van der Waals surface area (Å²) in [6.45, 7) is 1.98. The van der Waals surface area contributed by atoms with Crippen molar-refractivity contribution in [2.45, 2.75) is 12.3 Å². The summed E-state index contributed by atoms with van der Waals surface area (Å²) in [6.07, 6.45) is 4.55. The highest BCUT2D eigenvalue weighted by molar-refractivity contribution is 5.45. The Hall–Kier alpha value is -2.14. The second-order valence-electron chi connectivity index (χ2n) is 4.75. The number of rotatable bonds is 3. The third-order valence-electron chi connectivity index (χ3n) is 3.55. The maximum atomic E-state index is 5.36. The minimum absolute atomic E-state index is 0.567. The average molecular weight is 255 g/mol. The van der Waals surface area contributed by atoms with Crippen LogP contribution >= 0.6 is 0 Å². The van der Waals surface area contributed by atoms with Gasteiger partial charge in [-0.1, -0.05) is 30.3 Å². The fraction of sp³-hybridized carbons (Fsp3) is 0.286. The van der Waals surface area contributed by atoms with Crippen LogP contribution in [0.1, 0.15) is 17.9 Å². The van der Waals surface area contributed by atoms with Crippen molar-refractivity contribution in [3.8, 4) is 0 Å². The molecule has 1 aliphatic rings. The maximum Gasteiger partial charge on any atom is 0.160 e. The van der Waals surface area contributed by atoms with Gasteiger partial charge in [0.15, 0.2) is 5.82 Å². The highest BCUT2D eigenvalue weighted by Crippen LogP contribution is 2.29. The molecule has 0 saturated carbocycles. The van der Waals surface area contributed by atoms with E-state index in [1.165, 1.54) is 5.56 Å². The first-order valence-corrected chi connectivity index (χ1v) is 6.45. The summed E-state index contributed by atoms with van der Waals surface area (Å²) in [4.78, 5) is 10.8. The molecule has 2 aromatic rings. The average Bonchev–Trinajstić information content (AvgIpc) is 2.98. The fourth-order valence-corrected chi connectivity index (χ4v) is 2.54. The Morgan fingerprint density at radius 3 is 2.84 bits per heavy atom. The summed E-state index contributed by atoms with van der Waals surface area (Å²) in [5, 5.41) is 0. The molecule has 1 saturated heterocycles. The van der Waals surface area contributed by atoms with Crippen LogP contribution in [0, 0.1) is 0 Å². The van der Waals surface area contributed by atoms with Crippen molar-refractivity contribution in [2.75, 3.05) is 23.4 Å². The zero-order chi connectivity index (χ0) is 13.1. The van der Waals surface area contributed by atoms with Gasteiger partial charge in [0, 0.05) is 19.0 Å². The maximum absolute atomic E-state index is 5.36. The van der Waals surface area contributed by atoms with E-state index < -0.39 is 0 Å².